The number of non-ortho nitro benzene ring substituents is 1. The van der Waals surface area contributed by atoms with Crippen molar-refractivity contribution in [3.05, 3.63) is 50.4 Å². The fourth-order valence-corrected chi connectivity index (χ4v) is 2.29. The van der Waals surface area contributed by atoms with Gasteiger partial charge in [0.25, 0.3) is 5.69 Å². The van der Waals surface area contributed by atoms with Gasteiger partial charge < -0.3 is 4.74 Å². The summed E-state index contributed by atoms with van der Waals surface area (Å²) in [4.78, 5) is 19.1. The maximum Gasteiger partial charge on any atom is 0.273 e. The van der Waals surface area contributed by atoms with Crippen LogP contribution in [0.15, 0.2) is 28.9 Å². The Balaban J connectivity index is 1.92. The lowest BCUT2D eigenvalue weighted by Crippen LogP contribution is -1.98. The Kier molecular flexibility index (Phi) is 3.59. The van der Waals surface area contributed by atoms with Crippen LogP contribution in [0.5, 0.6) is 11.6 Å². The first-order valence-corrected chi connectivity index (χ1v) is 7.29. The zero-order valence-electron chi connectivity index (χ0n) is 11.2. The molecule has 0 radical (unpaired) electrons. The summed E-state index contributed by atoms with van der Waals surface area (Å²) in [5.74, 6) is 1.97. The summed E-state index contributed by atoms with van der Waals surface area (Å²) in [6, 6.07) is 6.17. The van der Waals surface area contributed by atoms with Crippen molar-refractivity contribution in [2.75, 3.05) is 0 Å². The zero-order chi connectivity index (χ0) is 15.0. The summed E-state index contributed by atoms with van der Waals surface area (Å²) in [7, 11) is 0. The number of aromatic nitrogens is 2. The van der Waals surface area contributed by atoms with E-state index in [1.54, 1.807) is 12.1 Å². The van der Waals surface area contributed by atoms with E-state index in [9.17, 15) is 10.1 Å². The van der Waals surface area contributed by atoms with E-state index < -0.39 is 4.92 Å². The molecule has 0 amide bonds. The van der Waals surface area contributed by atoms with E-state index in [2.05, 4.69) is 25.9 Å². The third kappa shape index (κ3) is 3.18. The minimum absolute atomic E-state index is 0.00821. The minimum Gasteiger partial charge on any atom is -0.438 e. The van der Waals surface area contributed by atoms with Gasteiger partial charge in [-0.25, -0.2) is 4.98 Å². The van der Waals surface area contributed by atoms with Crippen LogP contribution in [0.3, 0.4) is 0 Å². The molecular formula is C14H12BrN3O3. The Bertz CT molecular complexity index is 717. The largest absolute Gasteiger partial charge is 0.438 e. The van der Waals surface area contributed by atoms with Crippen molar-refractivity contribution in [1.29, 1.82) is 0 Å². The van der Waals surface area contributed by atoms with Crippen molar-refractivity contribution >= 4 is 21.6 Å². The van der Waals surface area contributed by atoms with Gasteiger partial charge in [-0.2, -0.15) is 4.98 Å². The van der Waals surface area contributed by atoms with Crippen LogP contribution >= 0.6 is 15.9 Å². The Morgan fingerprint density at radius 3 is 2.76 bits per heavy atom. The van der Waals surface area contributed by atoms with Crippen LogP contribution in [0.1, 0.15) is 30.1 Å². The molecule has 0 aliphatic heterocycles. The molecule has 6 nitrogen and oxygen atoms in total. The van der Waals surface area contributed by atoms with Crippen molar-refractivity contribution in [2.45, 2.75) is 25.7 Å². The van der Waals surface area contributed by atoms with E-state index in [1.807, 2.05) is 6.92 Å². The maximum atomic E-state index is 10.8. The summed E-state index contributed by atoms with van der Waals surface area (Å²) in [5.41, 5.74) is 0.800. The topological polar surface area (TPSA) is 78.2 Å². The number of rotatable bonds is 4. The number of ether oxygens (including phenoxy) is 1. The van der Waals surface area contributed by atoms with Crippen molar-refractivity contribution in [3.8, 4) is 11.6 Å². The van der Waals surface area contributed by atoms with Gasteiger partial charge in [0.2, 0.25) is 5.88 Å². The van der Waals surface area contributed by atoms with Gasteiger partial charge in [0.15, 0.2) is 0 Å². The lowest BCUT2D eigenvalue weighted by atomic mass is 10.2. The predicted octanol–water partition coefficient (Wildman–Crippen LogP) is 4.13. The quantitative estimate of drug-likeness (QED) is 0.471. The predicted molar refractivity (Wildman–Crippen MR) is 79.6 cm³/mol. The molecule has 1 fully saturated rings. The monoisotopic (exact) mass is 349 g/mol. The lowest BCUT2D eigenvalue weighted by Gasteiger charge is -2.09. The van der Waals surface area contributed by atoms with Crippen molar-refractivity contribution < 1.29 is 9.66 Å². The molecular weight excluding hydrogens is 338 g/mol. The number of nitro groups is 1. The summed E-state index contributed by atoms with van der Waals surface area (Å²) in [6.07, 6.45) is 2.18. The second kappa shape index (κ2) is 5.40. The normalized spacial score (nSPS) is 14.0. The van der Waals surface area contributed by atoms with Gasteiger partial charge in [-0.15, -0.1) is 0 Å². The molecule has 0 N–H and O–H groups in total. The molecule has 1 aliphatic carbocycles. The summed E-state index contributed by atoms with van der Waals surface area (Å²) >= 11 is 3.34. The van der Waals surface area contributed by atoms with Gasteiger partial charge >= 0.3 is 0 Å². The van der Waals surface area contributed by atoms with Crippen LogP contribution < -0.4 is 4.74 Å². The zero-order valence-corrected chi connectivity index (χ0v) is 12.8. The Morgan fingerprint density at radius 2 is 2.10 bits per heavy atom. The smallest absolute Gasteiger partial charge is 0.273 e. The third-order valence-corrected chi connectivity index (χ3v) is 3.63. The van der Waals surface area contributed by atoms with Crippen molar-refractivity contribution in [2.24, 2.45) is 0 Å². The molecule has 108 valence electrons. The highest BCUT2D eigenvalue weighted by molar-refractivity contribution is 9.10. The van der Waals surface area contributed by atoms with Gasteiger partial charge in [-0.1, -0.05) is 0 Å². The molecule has 0 atom stereocenters. The maximum absolute atomic E-state index is 10.8. The van der Waals surface area contributed by atoms with E-state index in [1.165, 1.54) is 12.1 Å². The number of halogens is 1. The molecule has 1 aromatic carbocycles. The molecule has 1 saturated carbocycles. The summed E-state index contributed by atoms with van der Waals surface area (Å²) < 4.78 is 6.36. The van der Waals surface area contributed by atoms with E-state index in [0.717, 1.165) is 24.2 Å². The molecule has 0 bridgehead atoms. The number of benzene rings is 1. The first-order chi connectivity index (χ1) is 10.0. The summed E-state index contributed by atoms with van der Waals surface area (Å²) in [6.45, 7) is 1.83. The fourth-order valence-electron chi connectivity index (χ4n) is 1.92. The minimum atomic E-state index is -0.447. The number of hydrogen-bond acceptors (Lipinski definition) is 5. The summed E-state index contributed by atoms with van der Waals surface area (Å²) in [5, 5.41) is 10.8. The number of aryl methyl sites for hydroxylation is 1. The Labute approximate surface area is 129 Å². The van der Waals surface area contributed by atoms with Gasteiger partial charge in [0.1, 0.15) is 16.2 Å². The first-order valence-electron chi connectivity index (χ1n) is 6.50. The third-order valence-electron chi connectivity index (χ3n) is 3.23. The molecule has 1 aromatic heterocycles. The van der Waals surface area contributed by atoms with E-state index in [4.69, 9.17) is 4.74 Å². The average molecular weight is 350 g/mol. The number of hydrogen-bond donors (Lipinski definition) is 0. The van der Waals surface area contributed by atoms with Gasteiger partial charge in [0, 0.05) is 18.1 Å². The highest BCUT2D eigenvalue weighted by Gasteiger charge is 2.27. The second-order valence-corrected chi connectivity index (χ2v) is 5.78. The lowest BCUT2D eigenvalue weighted by molar-refractivity contribution is -0.384. The highest BCUT2D eigenvalue weighted by Crippen LogP contribution is 2.39. The number of nitrogens with zero attached hydrogens (tertiary/aromatic N) is 3. The van der Waals surface area contributed by atoms with Crippen molar-refractivity contribution in [3.63, 3.8) is 0 Å². The molecule has 0 spiro atoms. The van der Waals surface area contributed by atoms with Gasteiger partial charge in [-0.3, -0.25) is 10.1 Å². The van der Waals surface area contributed by atoms with Crippen LogP contribution in [-0.2, 0) is 0 Å². The molecule has 1 heterocycles. The standard InChI is InChI=1S/C14H12BrN3O3/c1-8-2-5-10(18(19)20)6-11(8)21-13-7-12(15)16-14(17-13)9-3-4-9/h2,5-7,9H,3-4H2,1H3. The molecule has 0 unspecified atom stereocenters. The average Bonchev–Trinajstić information content (AvgIpc) is 3.24. The molecule has 7 heteroatoms. The van der Waals surface area contributed by atoms with Crippen molar-refractivity contribution in [1.82, 2.24) is 9.97 Å². The van der Waals surface area contributed by atoms with Crippen LogP contribution in [0.25, 0.3) is 0 Å². The van der Waals surface area contributed by atoms with Crippen LogP contribution in [0.4, 0.5) is 5.69 Å². The van der Waals surface area contributed by atoms with Gasteiger partial charge in [0.05, 0.1) is 11.0 Å². The Hall–Kier alpha value is -2.02. The van der Waals surface area contributed by atoms with Crippen LogP contribution in [-0.4, -0.2) is 14.9 Å². The fraction of sp³-hybridized carbons (Fsp3) is 0.286. The Morgan fingerprint density at radius 1 is 1.33 bits per heavy atom. The highest BCUT2D eigenvalue weighted by atomic mass is 79.9. The van der Waals surface area contributed by atoms with Crippen LogP contribution in [0.2, 0.25) is 0 Å². The van der Waals surface area contributed by atoms with E-state index >= 15 is 0 Å². The number of nitro benzene ring substituents is 1. The van der Waals surface area contributed by atoms with Gasteiger partial charge in [-0.05, 0) is 47.3 Å². The molecule has 2 aromatic rings. The second-order valence-electron chi connectivity index (χ2n) is 4.97. The van der Waals surface area contributed by atoms with E-state index in [0.29, 0.717) is 22.2 Å². The SMILES string of the molecule is Cc1ccc([N+](=O)[O-])cc1Oc1cc(Br)nc(C2CC2)n1. The molecule has 3 rings (SSSR count). The molecule has 21 heavy (non-hydrogen) atoms. The molecule has 1 aliphatic rings. The molecule has 0 saturated heterocycles. The van der Waals surface area contributed by atoms with E-state index in [-0.39, 0.29) is 5.69 Å². The first kappa shape index (κ1) is 13.9. The van der Waals surface area contributed by atoms with Crippen LogP contribution in [0, 0.1) is 17.0 Å².